The Kier molecular flexibility index (Phi) is 6.23. The van der Waals surface area contributed by atoms with Crippen molar-refractivity contribution in [1.29, 1.82) is 0 Å². The van der Waals surface area contributed by atoms with Crippen molar-refractivity contribution in [3.8, 4) is 0 Å². The molecule has 3 aromatic carbocycles. The van der Waals surface area contributed by atoms with Crippen molar-refractivity contribution in [3.05, 3.63) is 82.7 Å². The minimum absolute atomic E-state index is 0.0895. The average molecular weight is 512 g/mol. The summed E-state index contributed by atoms with van der Waals surface area (Å²) in [6.07, 6.45) is -10.9. The van der Waals surface area contributed by atoms with Gasteiger partial charge in [0.05, 0.1) is 17.8 Å². The second-order valence-corrected chi connectivity index (χ2v) is 7.94. The van der Waals surface area contributed by atoms with Crippen LogP contribution in [0.25, 0.3) is 10.8 Å². The molecule has 0 radical (unpaired) electrons. The molecule has 36 heavy (non-hydrogen) atoms. The second kappa shape index (κ2) is 8.92. The van der Waals surface area contributed by atoms with E-state index in [4.69, 9.17) is 4.84 Å². The number of hydrogen-bond donors (Lipinski definition) is 1. The molecule has 1 amide bonds. The molecule has 1 unspecified atom stereocenters. The van der Waals surface area contributed by atoms with Gasteiger partial charge in [0.25, 0.3) is 11.5 Å². The number of carbonyl (C=O) groups is 2. The molecule has 0 saturated heterocycles. The van der Waals surface area contributed by atoms with Gasteiger partial charge in [-0.3, -0.25) is 4.79 Å². The van der Waals surface area contributed by atoms with Crippen LogP contribution in [0.15, 0.2) is 59.8 Å². The first-order valence-corrected chi connectivity index (χ1v) is 10.3. The zero-order chi connectivity index (χ0) is 26.3. The van der Waals surface area contributed by atoms with Crippen LogP contribution in [0, 0.1) is 5.82 Å². The van der Waals surface area contributed by atoms with Gasteiger partial charge in [-0.2, -0.15) is 26.3 Å². The van der Waals surface area contributed by atoms with Crippen LogP contribution in [-0.4, -0.2) is 30.6 Å². The molecule has 0 bridgehead atoms. The van der Waals surface area contributed by atoms with E-state index in [-0.39, 0.29) is 35.5 Å². The van der Waals surface area contributed by atoms with Gasteiger partial charge in [0.1, 0.15) is 12.1 Å². The second-order valence-electron chi connectivity index (χ2n) is 7.94. The third-order valence-electron chi connectivity index (χ3n) is 5.70. The topological polar surface area (TPSA) is 67.8 Å². The minimum Gasteiger partial charge on any atom is -0.374 e. The van der Waals surface area contributed by atoms with Crippen LogP contribution >= 0.6 is 0 Å². The third-order valence-corrected chi connectivity index (χ3v) is 5.70. The van der Waals surface area contributed by atoms with Gasteiger partial charge < -0.3 is 14.9 Å². The number of rotatable bonds is 5. The first-order chi connectivity index (χ1) is 16.9. The van der Waals surface area contributed by atoms with Gasteiger partial charge in [-0.1, -0.05) is 35.5 Å². The number of aldehydes is 1. The van der Waals surface area contributed by atoms with Gasteiger partial charge in [-0.05, 0) is 35.0 Å². The molecule has 0 fully saturated rings. The number of amides is 1. The Morgan fingerprint density at radius 2 is 1.72 bits per heavy atom. The quantitative estimate of drug-likeness (QED) is 0.362. The number of halogens is 7. The molecule has 4 rings (SSSR count). The molecule has 1 aliphatic rings. The summed E-state index contributed by atoms with van der Waals surface area (Å²) in [6, 6.07) is 9.44. The predicted octanol–water partition coefficient (Wildman–Crippen LogP) is 5.51. The molecule has 0 aliphatic carbocycles. The fraction of sp³-hybridized carbons (Fsp3) is 0.208. The van der Waals surface area contributed by atoms with Crippen LogP contribution in [-0.2, 0) is 21.4 Å². The first-order valence-electron chi connectivity index (χ1n) is 10.3. The van der Waals surface area contributed by atoms with E-state index in [0.29, 0.717) is 23.1 Å². The van der Waals surface area contributed by atoms with E-state index in [2.05, 4.69) is 10.5 Å². The number of benzene rings is 3. The van der Waals surface area contributed by atoms with E-state index in [1.54, 1.807) is 12.1 Å². The van der Waals surface area contributed by atoms with Gasteiger partial charge in [-0.25, -0.2) is 4.39 Å². The van der Waals surface area contributed by atoms with Crippen molar-refractivity contribution >= 4 is 28.7 Å². The lowest BCUT2D eigenvalue weighted by atomic mass is 9.84. The smallest absolute Gasteiger partial charge is 0.374 e. The number of carbonyl (C=O) groups excluding carboxylic acids is 2. The molecule has 1 aliphatic heterocycles. The molecular weight excluding hydrogens is 497 g/mol. The summed E-state index contributed by atoms with van der Waals surface area (Å²) < 4.78 is 96.3. The number of nitrogens with one attached hydrogen (secondary N) is 1. The maximum absolute atomic E-state index is 14.3. The van der Waals surface area contributed by atoms with Gasteiger partial charge in [0, 0.05) is 23.1 Å². The largest absolute Gasteiger partial charge is 0.435 e. The lowest BCUT2D eigenvalue weighted by molar-refractivity contribution is -0.276. The molecular formula is C24H15F7N2O3. The summed E-state index contributed by atoms with van der Waals surface area (Å²) in [5.74, 6) is -2.12. The van der Waals surface area contributed by atoms with Crippen molar-refractivity contribution in [2.24, 2.45) is 5.16 Å². The minimum atomic E-state index is -5.26. The van der Waals surface area contributed by atoms with Crippen LogP contribution in [0.2, 0.25) is 0 Å². The van der Waals surface area contributed by atoms with E-state index >= 15 is 0 Å². The Hall–Kier alpha value is -3.96. The molecule has 0 aromatic heterocycles. The van der Waals surface area contributed by atoms with Crippen LogP contribution in [0.1, 0.15) is 33.5 Å². The summed E-state index contributed by atoms with van der Waals surface area (Å²) in [5.41, 5.74) is -6.05. The molecule has 188 valence electrons. The van der Waals surface area contributed by atoms with E-state index in [1.807, 2.05) is 0 Å². The first kappa shape index (κ1) is 25.1. The summed E-state index contributed by atoms with van der Waals surface area (Å²) >= 11 is 0. The van der Waals surface area contributed by atoms with Crippen molar-refractivity contribution in [2.75, 3.05) is 6.54 Å². The van der Waals surface area contributed by atoms with E-state index in [9.17, 15) is 40.3 Å². The van der Waals surface area contributed by atoms with Gasteiger partial charge in [0.2, 0.25) is 0 Å². The fourth-order valence-electron chi connectivity index (χ4n) is 4.01. The summed E-state index contributed by atoms with van der Waals surface area (Å²) in [7, 11) is 0. The standard InChI is InChI=1S/C24H15F7N2O3/c25-15-10-13(9-14(11-15)23(26,27)28)22(24(29,30)31)12-20(33-36-22)18-5-6-19(21(35)32-7-8-34)17-4-2-1-3-16(17)18/h1-6,8-11H,7,12H2,(H,32,35). The Bertz CT molecular complexity index is 1380. The van der Waals surface area contributed by atoms with Crippen LogP contribution in [0.4, 0.5) is 30.7 Å². The van der Waals surface area contributed by atoms with Gasteiger partial charge in [-0.15, -0.1) is 0 Å². The van der Waals surface area contributed by atoms with Crippen LogP contribution in [0.5, 0.6) is 0 Å². The number of nitrogens with zero attached hydrogens (tertiary/aromatic N) is 1. The summed E-state index contributed by atoms with van der Waals surface area (Å²) in [6.45, 7) is -0.253. The Morgan fingerprint density at radius 3 is 2.36 bits per heavy atom. The Morgan fingerprint density at radius 1 is 1.03 bits per heavy atom. The average Bonchev–Trinajstić information content (AvgIpc) is 3.28. The number of hydrogen-bond acceptors (Lipinski definition) is 4. The molecule has 0 saturated carbocycles. The highest BCUT2D eigenvalue weighted by atomic mass is 19.4. The monoisotopic (exact) mass is 512 g/mol. The van der Waals surface area contributed by atoms with Crippen molar-refractivity contribution in [3.63, 3.8) is 0 Å². The molecule has 12 heteroatoms. The van der Waals surface area contributed by atoms with Gasteiger partial charge >= 0.3 is 12.4 Å². The number of oxime groups is 1. The Labute approximate surface area is 198 Å². The zero-order valence-corrected chi connectivity index (χ0v) is 18.0. The van der Waals surface area contributed by atoms with E-state index in [1.165, 1.54) is 24.3 Å². The van der Waals surface area contributed by atoms with E-state index in [0.717, 1.165) is 0 Å². The van der Waals surface area contributed by atoms with Gasteiger partial charge in [0.15, 0.2) is 0 Å². The molecule has 5 nitrogen and oxygen atoms in total. The highest BCUT2D eigenvalue weighted by Crippen LogP contribution is 2.50. The number of fused-ring (bicyclic) bond motifs is 1. The van der Waals surface area contributed by atoms with E-state index < -0.39 is 47.2 Å². The van der Waals surface area contributed by atoms with Crippen LogP contribution in [0.3, 0.4) is 0 Å². The molecule has 1 heterocycles. The summed E-state index contributed by atoms with van der Waals surface area (Å²) in [4.78, 5) is 27.8. The zero-order valence-electron chi connectivity index (χ0n) is 18.0. The molecule has 1 N–H and O–H groups in total. The fourth-order valence-corrected chi connectivity index (χ4v) is 4.01. The Balaban J connectivity index is 1.80. The normalized spacial score (nSPS) is 18.0. The van der Waals surface area contributed by atoms with Crippen molar-refractivity contribution in [1.82, 2.24) is 5.32 Å². The highest BCUT2D eigenvalue weighted by Gasteiger charge is 2.62. The van der Waals surface area contributed by atoms with Crippen molar-refractivity contribution in [2.45, 2.75) is 24.4 Å². The molecule has 1 atom stereocenters. The highest BCUT2D eigenvalue weighted by molar-refractivity contribution is 6.16. The summed E-state index contributed by atoms with van der Waals surface area (Å²) in [5, 5.41) is 6.55. The predicted molar refractivity (Wildman–Crippen MR) is 114 cm³/mol. The lowest BCUT2D eigenvalue weighted by Gasteiger charge is -2.30. The number of alkyl halides is 6. The SMILES string of the molecule is O=CCNC(=O)c1ccc(C2=NOC(c3cc(F)cc(C(F)(F)F)c3)(C(F)(F)F)C2)c2ccccc12. The third kappa shape index (κ3) is 4.38. The molecule has 0 spiro atoms. The lowest BCUT2D eigenvalue weighted by Crippen LogP contribution is -2.43. The maximum atomic E-state index is 14.3. The molecule has 3 aromatic rings. The maximum Gasteiger partial charge on any atom is 0.435 e. The van der Waals surface area contributed by atoms with Crippen LogP contribution < -0.4 is 5.32 Å². The van der Waals surface area contributed by atoms with Crippen molar-refractivity contribution < 1.29 is 45.2 Å².